The maximum Gasteiger partial charge on any atom is 0.387 e. The molecule has 0 fully saturated rings. The van der Waals surface area contributed by atoms with Crippen LogP contribution in [0.4, 0.5) is 13.9 Å². The van der Waals surface area contributed by atoms with Crippen molar-refractivity contribution in [3.05, 3.63) is 24.4 Å². The standard InChI is InChI=1S/C13H14F2N2O2S/c1-3-16-13-17-7-11(20-13)8-4-5-9(18-2)10(6-8)19-12(14)15/h4-7,12H,3H2,1-2H3,(H,16,17). The first-order valence-corrected chi connectivity index (χ1v) is 6.78. The van der Waals surface area contributed by atoms with Gasteiger partial charge in [0, 0.05) is 12.7 Å². The average molecular weight is 300 g/mol. The molecule has 2 aromatic rings. The molecule has 0 unspecified atom stereocenters. The maximum absolute atomic E-state index is 12.4. The molecule has 0 bridgehead atoms. The lowest BCUT2D eigenvalue weighted by molar-refractivity contribution is -0.0511. The number of anilines is 1. The Balaban J connectivity index is 2.31. The Morgan fingerprint density at radius 2 is 2.15 bits per heavy atom. The third-order valence-corrected chi connectivity index (χ3v) is 3.50. The van der Waals surface area contributed by atoms with Crippen molar-refractivity contribution in [1.82, 2.24) is 4.98 Å². The van der Waals surface area contributed by atoms with Crippen LogP contribution in [0.3, 0.4) is 0 Å². The van der Waals surface area contributed by atoms with Crippen LogP contribution in [0.1, 0.15) is 6.92 Å². The number of hydrogen-bond donors (Lipinski definition) is 1. The van der Waals surface area contributed by atoms with Gasteiger partial charge in [-0.25, -0.2) is 4.98 Å². The molecular weight excluding hydrogens is 286 g/mol. The van der Waals surface area contributed by atoms with E-state index in [9.17, 15) is 8.78 Å². The van der Waals surface area contributed by atoms with E-state index in [1.165, 1.54) is 24.5 Å². The summed E-state index contributed by atoms with van der Waals surface area (Å²) >= 11 is 1.45. The van der Waals surface area contributed by atoms with Gasteiger partial charge in [-0.15, -0.1) is 0 Å². The van der Waals surface area contributed by atoms with Gasteiger partial charge in [-0.1, -0.05) is 11.3 Å². The predicted octanol–water partition coefficient (Wildman–Crippen LogP) is 3.85. The fourth-order valence-electron chi connectivity index (χ4n) is 1.66. The van der Waals surface area contributed by atoms with Crippen molar-refractivity contribution in [2.45, 2.75) is 13.5 Å². The van der Waals surface area contributed by atoms with Crippen LogP contribution in [0.2, 0.25) is 0 Å². The molecule has 0 saturated heterocycles. The SMILES string of the molecule is CCNc1ncc(-c2ccc(OC)c(OC(F)F)c2)s1. The summed E-state index contributed by atoms with van der Waals surface area (Å²) in [5.74, 6) is 0.281. The van der Waals surface area contributed by atoms with Gasteiger partial charge in [-0.3, -0.25) is 0 Å². The fraction of sp³-hybridized carbons (Fsp3) is 0.308. The summed E-state index contributed by atoms with van der Waals surface area (Å²) in [6.45, 7) is -0.142. The Morgan fingerprint density at radius 1 is 1.35 bits per heavy atom. The Labute approximate surface area is 119 Å². The number of nitrogens with zero attached hydrogens (tertiary/aromatic N) is 1. The molecule has 7 heteroatoms. The molecule has 2 rings (SSSR count). The monoisotopic (exact) mass is 300 g/mol. The molecule has 1 aromatic carbocycles. The molecule has 1 aromatic heterocycles. The number of alkyl halides is 2. The molecule has 20 heavy (non-hydrogen) atoms. The third kappa shape index (κ3) is 3.36. The number of rotatable bonds is 6. The molecule has 1 heterocycles. The first kappa shape index (κ1) is 14.5. The predicted molar refractivity (Wildman–Crippen MR) is 74.9 cm³/mol. The van der Waals surface area contributed by atoms with E-state index in [0.29, 0.717) is 0 Å². The van der Waals surface area contributed by atoms with Crippen LogP contribution in [0.25, 0.3) is 10.4 Å². The summed E-state index contributed by atoms with van der Waals surface area (Å²) < 4.78 is 34.2. The van der Waals surface area contributed by atoms with Gasteiger partial charge in [0.2, 0.25) is 0 Å². The van der Waals surface area contributed by atoms with E-state index >= 15 is 0 Å². The fourth-order valence-corrected chi connectivity index (χ4v) is 2.54. The molecule has 0 saturated carbocycles. The second-order valence-electron chi connectivity index (χ2n) is 3.80. The number of thiazole rings is 1. The topological polar surface area (TPSA) is 43.4 Å². The average Bonchev–Trinajstić information content (AvgIpc) is 2.87. The van der Waals surface area contributed by atoms with Crippen molar-refractivity contribution in [3.63, 3.8) is 0 Å². The smallest absolute Gasteiger partial charge is 0.387 e. The van der Waals surface area contributed by atoms with Gasteiger partial charge < -0.3 is 14.8 Å². The Bertz CT molecular complexity index is 575. The highest BCUT2D eigenvalue weighted by Crippen LogP contribution is 2.36. The Kier molecular flexibility index (Phi) is 4.73. The van der Waals surface area contributed by atoms with Crippen molar-refractivity contribution in [3.8, 4) is 21.9 Å². The summed E-state index contributed by atoms with van der Waals surface area (Å²) in [6, 6.07) is 4.90. The van der Waals surface area contributed by atoms with Gasteiger partial charge >= 0.3 is 6.61 Å². The number of halogens is 2. The van der Waals surface area contributed by atoms with Crippen LogP contribution in [-0.4, -0.2) is 25.3 Å². The molecule has 0 atom stereocenters. The zero-order chi connectivity index (χ0) is 14.5. The van der Waals surface area contributed by atoms with Crippen LogP contribution < -0.4 is 14.8 Å². The number of methoxy groups -OCH3 is 1. The van der Waals surface area contributed by atoms with Crippen molar-refractivity contribution >= 4 is 16.5 Å². The minimum absolute atomic E-state index is 0.0124. The van der Waals surface area contributed by atoms with Gasteiger partial charge in [-0.2, -0.15) is 8.78 Å². The summed E-state index contributed by atoms with van der Waals surface area (Å²) in [7, 11) is 1.41. The minimum Gasteiger partial charge on any atom is -0.493 e. The lowest BCUT2D eigenvalue weighted by Crippen LogP contribution is -2.03. The van der Waals surface area contributed by atoms with Crippen molar-refractivity contribution in [2.24, 2.45) is 0 Å². The second-order valence-corrected chi connectivity index (χ2v) is 4.83. The highest BCUT2D eigenvalue weighted by atomic mass is 32.1. The lowest BCUT2D eigenvalue weighted by atomic mass is 10.2. The van der Waals surface area contributed by atoms with Gasteiger partial charge in [-0.05, 0) is 30.7 Å². The quantitative estimate of drug-likeness (QED) is 0.880. The minimum atomic E-state index is -2.89. The van der Waals surface area contributed by atoms with Crippen molar-refractivity contribution in [2.75, 3.05) is 19.0 Å². The molecule has 0 aliphatic carbocycles. The summed E-state index contributed by atoms with van der Waals surface area (Å²) in [5, 5.41) is 3.89. The summed E-state index contributed by atoms with van der Waals surface area (Å²) in [5.41, 5.74) is 0.753. The Morgan fingerprint density at radius 3 is 2.80 bits per heavy atom. The molecule has 0 radical (unpaired) electrons. The number of benzene rings is 1. The lowest BCUT2D eigenvalue weighted by Gasteiger charge is -2.10. The molecular formula is C13H14F2N2O2S. The Hall–Kier alpha value is -1.89. The molecule has 4 nitrogen and oxygen atoms in total. The molecule has 0 spiro atoms. The maximum atomic E-state index is 12.4. The number of hydrogen-bond acceptors (Lipinski definition) is 5. The van der Waals surface area contributed by atoms with Crippen LogP contribution in [0, 0.1) is 0 Å². The van der Waals surface area contributed by atoms with E-state index in [2.05, 4.69) is 15.0 Å². The van der Waals surface area contributed by atoms with Crippen LogP contribution >= 0.6 is 11.3 Å². The van der Waals surface area contributed by atoms with E-state index in [0.717, 1.165) is 22.1 Å². The van der Waals surface area contributed by atoms with Gasteiger partial charge in [0.05, 0.1) is 12.0 Å². The zero-order valence-electron chi connectivity index (χ0n) is 11.0. The highest BCUT2D eigenvalue weighted by Gasteiger charge is 2.13. The van der Waals surface area contributed by atoms with Crippen LogP contribution in [0.5, 0.6) is 11.5 Å². The molecule has 0 aliphatic rings. The van der Waals surface area contributed by atoms with Crippen molar-refractivity contribution in [1.29, 1.82) is 0 Å². The first-order chi connectivity index (χ1) is 9.63. The van der Waals surface area contributed by atoms with Gasteiger partial charge in [0.25, 0.3) is 0 Å². The summed E-state index contributed by atoms with van der Waals surface area (Å²) in [4.78, 5) is 5.07. The van der Waals surface area contributed by atoms with E-state index in [1.54, 1.807) is 18.3 Å². The van der Waals surface area contributed by atoms with E-state index in [-0.39, 0.29) is 11.5 Å². The van der Waals surface area contributed by atoms with Crippen molar-refractivity contribution < 1.29 is 18.3 Å². The van der Waals surface area contributed by atoms with Gasteiger partial charge in [0.15, 0.2) is 16.6 Å². The van der Waals surface area contributed by atoms with E-state index < -0.39 is 6.61 Å². The second kappa shape index (κ2) is 6.51. The van der Waals surface area contributed by atoms with Crippen LogP contribution in [-0.2, 0) is 0 Å². The third-order valence-electron chi connectivity index (χ3n) is 2.50. The number of nitrogens with one attached hydrogen (secondary N) is 1. The summed E-state index contributed by atoms with van der Waals surface area (Å²) in [6.07, 6.45) is 1.69. The number of ether oxygens (including phenoxy) is 2. The van der Waals surface area contributed by atoms with E-state index in [1.807, 2.05) is 6.92 Å². The van der Waals surface area contributed by atoms with Crippen LogP contribution in [0.15, 0.2) is 24.4 Å². The molecule has 1 N–H and O–H groups in total. The largest absolute Gasteiger partial charge is 0.493 e. The normalized spacial score (nSPS) is 10.7. The highest BCUT2D eigenvalue weighted by molar-refractivity contribution is 7.18. The van der Waals surface area contributed by atoms with E-state index in [4.69, 9.17) is 4.74 Å². The zero-order valence-corrected chi connectivity index (χ0v) is 11.8. The first-order valence-electron chi connectivity index (χ1n) is 5.97. The number of aromatic nitrogens is 1. The van der Waals surface area contributed by atoms with Gasteiger partial charge in [0.1, 0.15) is 0 Å². The molecule has 108 valence electrons. The molecule has 0 amide bonds. The molecule has 0 aliphatic heterocycles.